The molecule has 1 atom stereocenters. The van der Waals surface area contributed by atoms with Crippen LogP contribution in [0.15, 0.2) is 55.6 Å². The van der Waals surface area contributed by atoms with E-state index in [1.165, 1.54) is 5.56 Å². The van der Waals surface area contributed by atoms with E-state index in [2.05, 4.69) is 38.4 Å². The van der Waals surface area contributed by atoms with Crippen LogP contribution in [-0.2, 0) is 15.8 Å². The monoisotopic (exact) mass is 290 g/mol. The molecule has 110 valence electrons. The lowest BCUT2D eigenvalue weighted by atomic mass is 10.2. The topological polar surface area (TPSA) is 18.5 Å². The van der Waals surface area contributed by atoms with Gasteiger partial charge in [0.25, 0.3) is 0 Å². The van der Waals surface area contributed by atoms with Crippen molar-refractivity contribution in [1.29, 1.82) is 0 Å². The summed E-state index contributed by atoms with van der Waals surface area (Å²) in [6.45, 7) is 13.3. The van der Waals surface area contributed by atoms with Crippen molar-refractivity contribution < 1.29 is 9.16 Å². The van der Waals surface area contributed by atoms with Crippen LogP contribution < -0.4 is 0 Å². The van der Waals surface area contributed by atoms with E-state index in [-0.39, 0.29) is 6.10 Å². The quantitative estimate of drug-likeness (QED) is 0.465. The van der Waals surface area contributed by atoms with E-state index in [9.17, 15) is 0 Å². The number of hydrogen-bond donors (Lipinski definition) is 0. The maximum Gasteiger partial charge on any atom is 0.190 e. The standard InChI is InChI=1S/C17H26O2Si/c1-5-10-17(19-20(3,4)13-6-2)15-18-14-16-11-8-7-9-12-16/h5-9,11-12,17H,1-2,10,13-15H2,3-4H3. The summed E-state index contributed by atoms with van der Waals surface area (Å²) in [5, 5.41) is 0. The Morgan fingerprint density at radius 3 is 2.45 bits per heavy atom. The molecule has 1 aromatic rings. The third-order valence-electron chi connectivity index (χ3n) is 2.97. The van der Waals surface area contributed by atoms with E-state index in [0.717, 1.165) is 12.5 Å². The van der Waals surface area contributed by atoms with Crippen LogP contribution in [-0.4, -0.2) is 21.0 Å². The van der Waals surface area contributed by atoms with E-state index in [1.807, 2.05) is 30.4 Å². The maximum absolute atomic E-state index is 6.23. The Hall–Kier alpha value is -1.16. The molecule has 0 spiro atoms. The zero-order valence-electron chi connectivity index (χ0n) is 12.7. The van der Waals surface area contributed by atoms with Crippen LogP contribution >= 0.6 is 0 Å². The molecule has 1 aromatic carbocycles. The van der Waals surface area contributed by atoms with Crippen LogP contribution in [0.3, 0.4) is 0 Å². The van der Waals surface area contributed by atoms with E-state index in [1.54, 1.807) is 0 Å². The number of allylic oxidation sites excluding steroid dienone is 1. The minimum atomic E-state index is -1.68. The van der Waals surface area contributed by atoms with Crippen molar-refractivity contribution in [2.45, 2.75) is 38.3 Å². The summed E-state index contributed by atoms with van der Waals surface area (Å²) in [4.78, 5) is 0. The van der Waals surface area contributed by atoms with E-state index in [0.29, 0.717) is 13.2 Å². The van der Waals surface area contributed by atoms with Gasteiger partial charge < -0.3 is 9.16 Å². The molecule has 0 aliphatic rings. The summed E-state index contributed by atoms with van der Waals surface area (Å²) in [6.07, 6.45) is 4.76. The van der Waals surface area contributed by atoms with E-state index < -0.39 is 8.32 Å². The fraction of sp³-hybridized carbons (Fsp3) is 0.412. The van der Waals surface area contributed by atoms with Crippen LogP contribution in [0, 0.1) is 0 Å². The number of hydrogen-bond acceptors (Lipinski definition) is 2. The van der Waals surface area contributed by atoms with Gasteiger partial charge in [-0.1, -0.05) is 42.5 Å². The molecule has 1 unspecified atom stereocenters. The first kappa shape index (κ1) is 16.9. The Kier molecular flexibility index (Phi) is 7.52. The fourth-order valence-corrected chi connectivity index (χ4v) is 3.92. The molecule has 0 saturated carbocycles. The summed E-state index contributed by atoms with van der Waals surface area (Å²) in [7, 11) is -1.68. The Balaban J connectivity index is 2.42. The van der Waals surface area contributed by atoms with Gasteiger partial charge in [-0.2, -0.15) is 0 Å². The van der Waals surface area contributed by atoms with Gasteiger partial charge in [-0.3, -0.25) is 0 Å². The third-order valence-corrected chi connectivity index (χ3v) is 5.21. The normalized spacial score (nSPS) is 12.9. The Morgan fingerprint density at radius 2 is 1.85 bits per heavy atom. The van der Waals surface area contributed by atoms with Crippen LogP contribution in [0.5, 0.6) is 0 Å². The smallest absolute Gasteiger partial charge is 0.190 e. The lowest BCUT2D eigenvalue weighted by Gasteiger charge is -2.28. The highest BCUT2D eigenvalue weighted by Crippen LogP contribution is 2.17. The molecule has 1 rings (SSSR count). The molecule has 0 saturated heterocycles. The van der Waals surface area contributed by atoms with Crippen molar-refractivity contribution >= 4 is 8.32 Å². The molecule has 0 aliphatic heterocycles. The summed E-state index contributed by atoms with van der Waals surface area (Å²) in [6, 6.07) is 11.2. The molecule has 0 heterocycles. The second-order valence-corrected chi connectivity index (χ2v) is 9.68. The average Bonchev–Trinajstić information content (AvgIpc) is 2.39. The molecular weight excluding hydrogens is 264 g/mol. The third kappa shape index (κ3) is 6.85. The predicted molar refractivity (Wildman–Crippen MR) is 88.3 cm³/mol. The lowest BCUT2D eigenvalue weighted by Crippen LogP contribution is -2.36. The molecule has 0 aromatic heterocycles. The Morgan fingerprint density at radius 1 is 1.15 bits per heavy atom. The molecule has 3 heteroatoms. The lowest BCUT2D eigenvalue weighted by molar-refractivity contribution is 0.0385. The molecule has 0 N–H and O–H groups in total. The first-order valence-corrected chi connectivity index (χ1v) is 10.2. The summed E-state index contributed by atoms with van der Waals surface area (Å²) < 4.78 is 12.0. The van der Waals surface area contributed by atoms with Crippen molar-refractivity contribution in [3.63, 3.8) is 0 Å². The summed E-state index contributed by atoms with van der Waals surface area (Å²) >= 11 is 0. The highest BCUT2D eigenvalue weighted by molar-refractivity contribution is 6.71. The predicted octanol–water partition coefficient (Wildman–Crippen LogP) is 4.56. The minimum absolute atomic E-state index is 0.0952. The maximum atomic E-state index is 6.23. The van der Waals surface area contributed by atoms with Gasteiger partial charge in [0.15, 0.2) is 8.32 Å². The highest BCUT2D eigenvalue weighted by Gasteiger charge is 2.24. The molecule has 0 aliphatic carbocycles. The van der Waals surface area contributed by atoms with Gasteiger partial charge in [-0.25, -0.2) is 0 Å². The fourth-order valence-electron chi connectivity index (χ4n) is 2.07. The van der Waals surface area contributed by atoms with Crippen LogP contribution in [0.1, 0.15) is 12.0 Å². The van der Waals surface area contributed by atoms with Crippen molar-refractivity contribution in [3.05, 3.63) is 61.2 Å². The molecule has 0 bridgehead atoms. The molecule has 0 fully saturated rings. The SMILES string of the molecule is C=CCC(COCc1ccccc1)O[Si](C)(C)CC=C. The van der Waals surface area contributed by atoms with E-state index in [4.69, 9.17) is 9.16 Å². The first-order valence-electron chi connectivity index (χ1n) is 7.08. The minimum Gasteiger partial charge on any atom is -0.411 e. The van der Waals surface area contributed by atoms with Crippen LogP contribution in [0.25, 0.3) is 0 Å². The zero-order chi connectivity index (χ0) is 14.8. The van der Waals surface area contributed by atoms with E-state index >= 15 is 0 Å². The van der Waals surface area contributed by atoms with Gasteiger partial charge in [-0.05, 0) is 31.1 Å². The molecule has 0 amide bonds. The van der Waals surface area contributed by atoms with Gasteiger partial charge in [0, 0.05) is 0 Å². The summed E-state index contributed by atoms with van der Waals surface area (Å²) in [5.74, 6) is 0. The van der Waals surface area contributed by atoms with Crippen molar-refractivity contribution in [2.24, 2.45) is 0 Å². The molecule has 20 heavy (non-hydrogen) atoms. The number of ether oxygens (including phenoxy) is 1. The molecule has 0 radical (unpaired) electrons. The number of rotatable bonds is 10. The van der Waals surface area contributed by atoms with Crippen molar-refractivity contribution in [2.75, 3.05) is 6.61 Å². The second kappa shape index (κ2) is 8.90. The second-order valence-electron chi connectivity index (χ2n) is 5.52. The van der Waals surface area contributed by atoms with Gasteiger partial charge in [0.05, 0.1) is 19.3 Å². The average molecular weight is 290 g/mol. The first-order chi connectivity index (χ1) is 9.57. The summed E-state index contributed by atoms with van der Waals surface area (Å²) in [5.41, 5.74) is 1.19. The van der Waals surface area contributed by atoms with Crippen LogP contribution in [0.4, 0.5) is 0 Å². The Bertz CT molecular complexity index is 401. The largest absolute Gasteiger partial charge is 0.411 e. The van der Waals surface area contributed by atoms with Gasteiger partial charge in [-0.15, -0.1) is 13.2 Å². The van der Waals surface area contributed by atoms with Gasteiger partial charge in [0.2, 0.25) is 0 Å². The number of benzene rings is 1. The highest BCUT2D eigenvalue weighted by atomic mass is 28.4. The van der Waals surface area contributed by atoms with Crippen LogP contribution in [0.2, 0.25) is 19.1 Å². The van der Waals surface area contributed by atoms with Gasteiger partial charge >= 0.3 is 0 Å². The Labute approximate surface area is 124 Å². The zero-order valence-corrected chi connectivity index (χ0v) is 13.7. The molecule has 2 nitrogen and oxygen atoms in total. The van der Waals surface area contributed by atoms with Crippen molar-refractivity contribution in [3.8, 4) is 0 Å². The molecular formula is C17H26O2Si. The van der Waals surface area contributed by atoms with Crippen molar-refractivity contribution in [1.82, 2.24) is 0 Å². The van der Waals surface area contributed by atoms with Gasteiger partial charge in [0.1, 0.15) is 0 Å².